The molecule has 31 heavy (non-hydrogen) atoms. The molecule has 3 amide bonds. The van der Waals surface area contributed by atoms with Crippen molar-refractivity contribution in [3.05, 3.63) is 59.5 Å². The van der Waals surface area contributed by atoms with Gasteiger partial charge in [-0.25, -0.2) is 15.0 Å². The van der Waals surface area contributed by atoms with Gasteiger partial charge in [-0.2, -0.15) is 16.9 Å². The van der Waals surface area contributed by atoms with Gasteiger partial charge in [0.15, 0.2) is 0 Å². The molecule has 0 bridgehead atoms. The maximum absolute atomic E-state index is 14.5. The van der Waals surface area contributed by atoms with Crippen molar-refractivity contribution in [1.82, 2.24) is 20.1 Å². The van der Waals surface area contributed by atoms with E-state index in [4.69, 9.17) is 5.84 Å². The molecule has 0 radical (unpaired) electrons. The third-order valence-electron chi connectivity index (χ3n) is 5.32. The summed E-state index contributed by atoms with van der Waals surface area (Å²) in [7, 11) is 1.84. The van der Waals surface area contributed by atoms with Gasteiger partial charge in [0, 0.05) is 42.1 Å². The van der Waals surface area contributed by atoms with Crippen LogP contribution in [0.3, 0.4) is 0 Å². The first-order valence-electron chi connectivity index (χ1n) is 9.84. The van der Waals surface area contributed by atoms with Crippen molar-refractivity contribution >= 4 is 40.3 Å². The van der Waals surface area contributed by atoms with Crippen LogP contribution in [-0.2, 0) is 13.5 Å². The normalized spacial score (nSPS) is 16.4. The number of fused-ring (bicyclic) bond motifs is 1. The van der Waals surface area contributed by atoms with E-state index < -0.39 is 11.7 Å². The Balaban J connectivity index is 1.43. The molecular formula is C21H23FN6O2S. The minimum Gasteiger partial charge on any atom is -0.323 e. The van der Waals surface area contributed by atoms with E-state index in [9.17, 15) is 14.0 Å². The van der Waals surface area contributed by atoms with Gasteiger partial charge in [-0.15, -0.1) is 0 Å². The number of aryl methyl sites for hydroxylation is 1. The van der Waals surface area contributed by atoms with Crippen LogP contribution in [0.4, 0.5) is 14.9 Å². The van der Waals surface area contributed by atoms with Crippen LogP contribution in [0, 0.1) is 5.82 Å². The third-order valence-corrected chi connectivity index (χ3v) is 6.53. The largest absolute Gasteiger partial charge is 0.323 e. The second-order valence-corrected chi connectivity index (χ2v) is 8.77. The number of nitrogens with two attached hydrogens (primary N) is 1. The monoisotopic (exact) mass is 442 g/mol. The highest BCUT2D eigenvalue weighted by Gasteiger charge is 2.26. The Kier molecular flexibility index (Phi) is 6.10. The Morgan fingerprint density at radius 2 is 2.16 bits per heavy atom. The highest BCUT2D eigenvalue weighted by atomic mass is 32.2. The summed E-state index contributed by atoms with van der Waals surface area (Å²) in [6.45, 7) is 1.12. The lowest BCUT2D eigenvalue weighted by Crippen LogP contribution is -2.44. The van der Waals surface area contributed by atoms with E-state index in [0.29, 0.717) is 30.8 Å². The number of rotatable bonds is 4. The molecule has 8 nitrogen and oxygen atoms in total. The van der Waals surface area contributed by atoms with Crippen LogP contribution < -0.4 is 16.6 Å². The molecule has 1 saturated heterocycles. The quantitative estimate of drug-likeness (QED) is 0.327. The van der Waals surface area contributed by atoms with Crippen LogP contribution in [-0.4, -0.2) is 50.7 Å². The minimum absolute atomic E-state index is 0.0516. The van der Waals surface area contributed by atoms with E-state index in [2.05, 4.69) is 10.4 Å². The Hall–Kier alpha value is -3.11. The number of halogens is 1. The molecule has 0 saturated carbocycles. The van der Waals surface area contributed by atoms with Gasteiger partial charge in [0.1, 0.15) is 5.82 Å². The van der Waals surface area contributed by atoms with Crippen LogP contribution in [0.2, 0.25) is 0 Å². The van der Waals surface area contributed by atoms with E-state index in [1.807, 2.05) is 30.7 Å². The average molecular weight is 443 g/mol. The maximum Gasteiger partial charge on any atom is 0.321 e. The van der Waals surface area contributed by atoms with E-state index >= 15 is 0 Å². The lowest BCUT2D eigenvalue weighted by molar-refractivity contribution is 0.0953. The number of hydrazine groups is 1. The summed E-state index contributed by atoms with van der Waals surface area (Å²) in [5, 5.41) is 8.24. The number of nitrogens with zero attached hydrogens (tertiary/aromatic N) is 3. The number of benzene rings is 2. The SMILES string of the molecule is Cn1ncc2cccc(NC(=O)N3CCSC(Cc4ccc(C(=O)NN)cc4F)C3)c21. The molecule has 3 aromatic rings. The molecule has 1 unspecified atom stereocenters. The van der Waals surface area contributed by atoms with Crippen molar-refractivity contribution in [3.8, 4) is 0 Å². The van der Waals surface area contributed by atoms with Crippen LogP contribution in [0.1, 0.15) is 15.9 Å². The van der Waals surface area contributed by atoms with Crippen molar-refractivity contribution < 1.29 is 14.0 Å². The highest BCUT2D eigenvalue weighted by molar-refractivity contribution is 8.00. The second kappa shape index (κ2) is 8.94. The fraction of sp³-hybridized carbons (Fsp3) is 0.286. The molecule has 0 aliphatic carbocycles. The van der Waals surface area contributed by atoms with Crippen molar-refractivity contribution in [2.45, 2.75) is 11.7 Å². The van der Waals surface area contributed by atoms with Gasteiger partial charge >= 0.3 is 6.03 Å². The third kappa shape index (κ3) is 4.49. The van der Waals surface area contributed by atoms with Gasteiger partial charge in [0.2, 0.25) is 0 Å². The van der Waals surface area contributed by atoms with Crippen LogP contribution >= 0.6 is 11.8 Å². The molecule has 10 heteroatoms. The van der Waals surface area contributed by atoms with Crippen LogP contribution in [0.5, 0.6) is 0 Å². The zero-order valence-electron chi connectivity index (χ0n) is 17.0. The summed E-state index contributed by atoms with van der Waals surface area (Å²) >= 11 is 1.71. The first-order chi connectivity index (χ1) is 15.0. The smallest absolute Gasteiger partial charge is 0.321 e. The van der Waals surface area contributed by atoms with Crippen molar-refractivity contribution in [2.24, 2.45) is 12.9 Å². The molecule has 4 rings (SSSR count). The number of nitrogens with one attached hydrogen (secondary N) is 2. The predicted octanol–water partition coefficient (Wildman–Crippen LogP) is 2.51. The van der Waals surface area contributed by atoms with E-state index in [0.717, 1.165) is 16.7 Å². The van der Waals surface area contributed by atoms with Gasteiger partial charge in [0.05, 0.1) is 17.4 Å². The summed E-state index contributed by atoms with van der Waals surface area (Å²) in [4.78, 5) is 26.2. The van der Waals surface area contributed by atoms with E-state index in [1.54, 1.807) is 39.7 Å². The number of carbonyl (C=O) groups excluding carboxylic acids is 2. The molecule has 1 aromatic heterocycles. The Morgan fingerprint density at radius 1 is 1.32 bits per heavy atom. The zero-order chi connectivity index (χ0) is 22.0. The van der Waals surface area contributed by atoms with Crippen molar-refractivity contribution in [2.75, 3.05) is 24.2 Å². The molecule has 1 aliphatic rings. The molecule has 162 valence electrons. The number of aromatic nitrogens is 2. The number of anilines is 1. The number of amides is 3. The van der Waals surface area contributed by atoms with E-state index in [-0.39, 0.29) is 16.8 Å². The number of urea groups is 1. The van der Waals surface area contributed by atoms with Gasteiger partial charge in [-0.05, 0) is 30.2 Å². The summed E-state index contributed by atoms with van der Waals surface area (Å²) in [6, 6.07) is 9.83. The van der Waals surface area contributed by atoms with Crippen molar-refractivity contribution in [3.63, 3.8) is 0 Å². The Bertz CT molecular complexity index is 1130. The number of hydrogen-bond acceptors (Lipinski definition) is 5. The van der Waals surface area contributed by atoms with Gasteiger partial charge in [-0.3, -0.25) is 14.9 Å². The number of hydrogen-bond donors (Lipinski definition) is 3. The molecular weight excluding hydrogens is 419 g/mol. The zero-order valence-corrected chi connectivity index (χ0v) is 17.8. The van der Waals surface area contributed by atoms with Gasteiger partial charge in [0.25, 0.3) is 5.91 Å². The first kappa shape index (κ1) is 21.1. The van der Waals surface area contributed by atoms with Gasteiger partial charge in [-0.1, -0.05) is 18.2 Å². The van der Waals surface area contributed by atoms with Gasteiger partial charge < -0.3 is 10.2 Å². The molecule has 4 N–H and O–H groups in total. The fourth-order valence-electron chi connectivity index (χ4n) is 3.74. The summed E-state index contributed by atoms with van der Waals surface area (Å²) in [6.07, 6.45) is 2.22. The number of carbonyl (C=O) groups is 2. The lowest BCUT2D eigenvalue weighted by atomic mass is 10.1. The van der Waals surface area contributed by atoms with Crippen LogP contribution in [0.25, 0.3) is 10.9 Å². The van der Waals surface area contributed by atoms with Crippen molar-refractivity contribution in [1.29, 1.82) is 0 Å². The molecule has 1 aliphatic heterocycles. The molecule has 2 heterocycles. The Labute approximate surface area is 182 Å². The average Bonchev–Trinajstić information content (AvgIpc) is 3.16. The summed E-state index contributed by atoms with van der Waals surface area (Å²) < 4.78 is 16.2. The second-order valence-electron chi connectivity index (χ2n) is 7.36. The topological polar surface area (TPSA) is 105 Å². The standard InChI is InChI=1S/C21H23FN6O2S/c1-27-19-15(11-24-27)3-2-4-18(19)25-21(30)28-7-8-31-16(12-28)9-13-5-6-14(10-17(13)22)20(29)26-23/h2-6,10-11,16H,7-9,12,23H2,1H3,(H,25,30)(H,26,29). The summed E-state index contributed by atoms with van der Waals surface area (Å²) in [5.74, 6) is 4.88. The maximum atomic E-state index is 14.5. The highest BCUT2D eigenvalue weighted by Crippen LogP contribution is 2.26. The molecule has 1 atom stereocenters. The first-order valence-corrected chi connectivity index (χ1v) is 10.9. The molecule has 1 fully saturated rings. The molecule has 2 aromatic carbocycles. The fourth-order valence-corrected chi connectivity index (χ4v) is 4.98. The number of para-hydroxylation sites is 1. The predicted molar refractivity (Wildman–Crippen MR) is 119 cm³/mol. The summed E-state index contributed by atoms with van der Waals surface area (Å²) in [5.41, 5.74) is 4.24. The Morgan fingerprint density at radius 3 is 2.94 bits per heavy atom. The van der Waals surface area contributed by atoms with Crippen LogP contribution in [0.15, 0.2) is 42.6 Å². The number of thioether (sulfide) groups is 1. The lowest BCUT2D eigenvalue weighted by Gasteiger charge is -2.32. The minimum atomic E-state index is -0.538. The van der Waals surface area contributed by atoms with E-state index in [1.165, 1.54) is 6.07 Å². The molecule has 0 spiro atoms. The number of nitrogen functional groups attached to an aromatic ring is 1.